The fourth-order valence-corrected chi connectivity index (χ4v) is 2.27. The fraction of sp³-hybridized carbons (Fsp3) is 0.375. The second-order valence-corrected chi connectivity index (χ2v) is 5.56. The summed E-state index contributed by atoms with van der Waals surface area (Å²) < 4.78 is 1.74. The van der Waals surface area contributed by atoms with Crippen LogP contribution >= 0.6 is 0 Å². The van der Waals surface area contributed by atoms with Crippen molar-refractivity contribution in [1.29, 1.82) is 5.26 Å². The number of nitrogens with two attached hydrogens (primary N) is 1. The van der Waals surface area contributed by atoms with Crippen molar-refractivity contribution >= 4 is 5.82 Å². The highest BCUT2D eigenvalue weighted by atomic mass is 15.3. The van der Waals surface area contributed by atoms with Crippen molar-refractivity contribution in [2.45, 2.75) is 33.7 Å². The Hall–Kier alpha value is -2.28. The van der Waals surface area contributed by atoms with E-state index in [-0.39, 0.29) is 0 Å². The van der Waals surface area contributed by atoms with Gasteiger partial charge in [0, 0.05) is 13.0 Å². The molecule has 1 aromatic carbocycles. The van der Waals surface area contributed by atoms with Gasteiger partial charge in [-0.15, -0.1) is 0 Å². The van der Waals surface area contributed by atoms with Crippen molar-refractivity contribution in [3.8, 4) is 6.07 Å². The van der Waals surface area contributed by atoms with Crippen LogP contribution in [0.2, 0.25) is 0 Å². The Bertz CT molecular complexity index is 647. The topological polar surface area (TPSA) is 67.6 Å². The average molecular weight is 268 g/mol. The van der Waals surface area contributed by atoms with Gasteiger partial charge in [-0.25, -0.2) is 4.68 Å². The van der Waals surface area contributed by atoms with Crippen molar-refractivity contribution in [3.63, 3.8) is 0 Å². The molecule has 2 rings (SSSR count). The molecule has 0 radical (unpaired) electrons. The summed E-state index contributed by atoms with van der Waals surface area (Å²) in [5, 5.41) is 13.8. The highest BCUT2D eigenvalue weighted by Gasteiger charge is 2.16. The van der Waals surface area contributed by atoms with Crippen LogP contribution in [-0.2, 0) is 13.0 Å². The molecule has 20 heavy (non-hydrogen) atoms. The molecular weight excluding hydrogens is 248 g/mol. The number of aryl methyl sites for hydroxylation is 1. The van der Waals surface area contributed by atoms with Crippen LogP contribution in [0, 0.1) is 24.2 Å². The first-order valence-electron chi connectivity index (χ1n) is 6.82. The number of nitrogen functional groups attached to an aromatic ring is 1. The number of hydrogen-bond acceptors (Lipinski definition) is 3. The third-order valence-corrected chi connectivity index (χ3v) is 3.17. The fourth-order valence-electron chi connectivity index (χ4n) is 2.27. The van der Waals surface area contributed by atoms with Crippen LogP contribution in [0.4, 0.5) is 5.82 Å². The molecule has 0 aliphatic carbocycles. The minimum absolute atomic E-state index is 0.440. The Balaban J connectivity index is 2.34. The second kappa shape index (κ2) is 5.79. The summed E-state index contributed by atoms with van der Waals surface area (Å²) in [5.74, 6) is 0.916. The molecule has 0 unspecified atom stereocenters. The summed E-state index contributed by atoms with van der Waals surface area (Å²) in [4.78, 5) is 0. The maximum atomic E-state index is 9.30. The number of rotatable bonds is 4. The van der Waals surface area contributed by atoms with Crippen LogP contribution in [0.1, 0.15) is 36.2 Å². The molecule has 1 heterocycles. The van der Waals surface area contributed by atoms with E-state index < -0.39 is 0 Å². The molecule has 0 bridgehead atoms. The summed E-state index contributed by atoms with van der Waals surface area (Å²) in [6.07, 6.45) is 0.639. The van der Waals surface area contributed by atoms with Gasteiger partial charge in [-0.05, 0) is 18.4 Å². The number of nitrogens with zero attached hydrogens (tertiary/aromatic N) is 3. The molecule has 0 amide bonds. The quantitative estimate of drug-likeness (QED) is 0.927. The smallest absolute Gasteiger partial charge is 0.140 e. The molecule has 0 atom stereocenters. The zero-order chi connectivity index (χ0) is 14.7. The SMILES string of the molecule is Cc1cccc(Cc2nn(CC(C)C)c(N)c2C#N)c1. The molecule has 2 aromatic rings. The van der Waals surface area contributed by atoms with E-state index in [1.54, 1.807) is 4.68 Å². The zero-order valence-electron chi connectivity index (χ0n) is 12.2. The van der Waals surface area contributed by atoms with Crippen LogP contribution in [-0.4, -0.2) is 9.78 Å². The van der Waals surface area contributed by atoms with Crippen molar-refractivity contribution < 1.29 is 0 Å². The zero-order valence-corrected chi connectivity index (χ0v) is 12.2. The third kappa shape index (κ3) is 3.00. The van der Waals surface area contributed by atoms with E-state index in [9.17, 15) is 5.26 Å². The van der Waals surface area contributed by atoms with E-state index in [2.05, 4.69) is 44.1 Å². The van der Waals surface area contributed by atoms with Crippen LogP contribution < -0.4 is 5.73 Å². The van der Waals surface area contributed by atoms with E-state index in [0.717, 1.165) is 17.8 Å². The van der Waals surface area contributed by atoms with Gasteiger partial charge in [0.25, 0.3) is 0 Å². The maximum absolute atomic E-state index is 9.30. The number of anilines is 1. The molecule has 1 aromatic heterocycles. The van der Waals surface area contributed by atoms with Crippen molar-refractivity contribution in [1.82, 2.24) is 9.78 Å². The van der Waals surface area contributed by atoms with Crippen LogP contribution in [0.25, 0.3) is 0 Å². The second-order valence-electron chi connectivity index (χ2n) is 5.56. The molecule has 0 aliphatic rings. The molecule has 0 fully saturated rings. The largest absolute Gasteiger partial charge is 0.383 e. The first kappa shape index (κ1) is 14.1. The predicted molar refractivity (Wildman–Crippen MR) is 80.2 cm³/mol. The Labute approximate surface area is 119 Å². The number of aromatic nitrogens is 2. The Morgan fingerprint density at radius 3 is 2.75 bits per heavy atom. The Morgan fingerprint density at radius 1 is 1.40 bits per heavy atom. The van der Waals surface area contributed by atoms with E-state index in [1.165, 1.54) is 5.56 Å². The standard InChI is InChI=1S/C16H20N4/c1-11(2)10-20-16(18)14(9-17)15(19-20)8-13-6-4-5-12(3)7-13/h4-7,11H,8,10,18H2,1-3H3. The van der Waals surface area contributed by atoms with Crippen molar-refractivity contribution in [2.75, 3.05) is 5.73 Å². The summed E-state index contributed by atoms with van der Waals surface area (Å²) in [6.45, 7) is 7.00. The van der Waals surface area contributed by atoms with Gasteiger partial charge in [0.1, 0.15) is 17.5 Å². The molecule has 0 saturated heterocycles. The lowest BCUT2D eigenvalue weighted by molar-refractivity contribution is 0.485. The predicted octanol–water partition coefficient (Wildman–Crippen LogP) is 2.89. The van der Waals surface area contributed by atoms with Gasteiger partial charge < -0.3 is 5.73 Å². The van der Waals surface area contributed by atoms with Gasteiger partial charge >= 0.3 is 0 Å². The summed E-state index contributed by atoms with van der Waals surface area (Å²) in [7, 11) is 0. The van der Waals surface area contributed by atoms with Crippen LogP contribution in [0.5, 0.6) is 0 Å². The molecule has 2 N–H and O–H groups in total. The Morgan fingerprint density at radius 2 is 2.15 bits per heavy atom. The lowest BCUT2D eigenvalue weighted by atomic mass is 10.1. The number of benzene rings is 1. The average Bonchev–Trinajstić information content (AvgIpc) is 2.64. The van der Waals surface area contributed by atoms with Gasteiger partial charge in [-0.1, -0.05) is 43.7 Å². The lowest BCUT2D eigenvalue weighted by Crippen LogP contribution is -2.09. The van der Waals surface area contributed by atoms with Crippen LogP contribution in [0.3, 0.4) is 0 Å². The highest BCUT2D eigenvalue weighted by molar-refractivity contribution is 5.53. The first-order chi connectivity index (χ1) is 9.51. The van der Waals surface area contributed by atoms with Gasteiger partial charge in [0.2, 0.25) is 0 Å². The monoisotopic (exact) mass is 268 g/mol. The number of nitriles is 1. The van der Waals surface area contributed by atoms with Gasteiger partial charge in [0.05, 0.1) is 5.69 Å². The summed E-state index contributed by atoms with van der Waals surface area (Å²) in [6, 6.07) is 10.4. The van der Waals surface area contributed by atoms with Gasteiger partial charge in [-0.2, -0.15) is 10.4 Å². The summed E-state index contributed by atoms with van der Waals surface area (Å²) >= 11 is 0. The molecule has 0 aliphatic heterocycles. The van der Waals surface area contributed by atoms with E-state index in [0.29, 0.717) is 23.7 Å². The van der Waals surface area contributed by atoms with E-state index >= 15 is 0 Å². The Kier molecular flexibility index (Phi) is 4.09. The lowest BCUT2D eigenvalue weighted by Gasteiger charge is -2.06. The highest BCUT2D eigenvalue weighted by Crippen LogP contribution is 2.20. The van der Waals surface area contributed by atoms with Crippen LogP contribution in [0.15, 0.2) is 24.3 Å². The summed E-state index contributed by atoms with van der Waals surface area (Å²) in [5.41, 5.74) is 9.64. The van der Waals surface area contributed by atoms with E-state index in [1.807, 2.05) is 12.1 Å². The molecule has 104 valence electrons. The first-order valence-corrected chi connectivity index (χ1v) is 6.82. The normalized spacial score (nSPS) is 10.8. The molecule has 4 heteroatoms. The molecule has 4 nitrogen and oxygen atoms in total. The molecule has 0 saturated carbocycles. The maximum Gasteiger partial charge on any atom is 0.140 e. The minimum atomic E-state index is 0.440. The van der Waals surface area contributed by atoms with Gasteiger partial charge in [0.15, 0.2) is 0 Å². The number of hydrogen-bond donors (Lipinski definition) is 1. The minimum Gasteiger partial charge on any atom is -0.383 e. The van der Waals surface area contributed by atoms with Crippen molar-refractivity contribution in [3.05, 3.63) is 46.6 Å². The van der Waals surface area contributed by atoms with Gasteiger partial charge in [-0.3, -0.25) is 0 Å². The van der Waals surface area contributed by atoms with E-state index in [4.69, 9.17) is 5.73 Å². The molecular formula is C16H20N4. The van der Waals surface area contributed by atoms with Crippen molar-refractivity contribution in [2.24, 2.45) is 5.92 Å². The third-order valence-electron chi connectivity index (χ3n) is 3.17. The molecule has 0 spiro atoms.